The van der Waals surface area contributed by atoms with Crippen molar-refractivity contribution >= 4 is 33.2 Å². The Morgan fingerprint density at radius 2 is 2.00 bits per heavy atom. The largest absolute Gasteiger partial charge is 0.396 e. The van der Waals surface area contributed by atoms with Crippen molar-refractivity contribution in [3.63, 3.8) is 0 Å². The van der Waals surface area contributed by atoms with Gasteiger partial charge in [0, 0.05) is 12.1 Å². The predicted molar refractivity (Wildman–Crippen MR) is 77.1 cm³/mol. The minimum atomic E-state index is -4.01. The lowest BCUT2D eigenvalue weighted by molar-refractivity contribution is 0.233. The first-order chi connectivity index (χ1) is 9.17. The number of halogens is 3. The van der Waals surface area contributed by atoms with E-state index in [2.05, 4.69) is 4.72 Å². The van der Waals surface area contributed by atoms with Crippen molar-refractivity contribution < 1.29 is 17.9 Å². The fourth-order valence-electron chi connectivity index (χ4n) is 1.64. The lowest BCUT2D eigenvalue weighted by Gasteiger charge is -2.28. The molecule has 0 spiro atoms. The van der Waals surface area contributed by atoms with E-state index in [9.17, 15) is 12.8 Å². The lowest BCUT2D eigenvalue weighted by Crippen LogP contribution is -2.46. The Labute approximate surface area is 127 Å². The fraction of sp³-hybridized carbons (Fsp3) is 0.500. The molecule has 0 aliphatic heterocycles. The molecule has 1 aromatic rings. The molecule has 0 saturated heterocycles. The fourth-order valence-corrected chi connectivity index (χ4v) is 3.90. The maximum atomic E-state index is 13.6. The molecule has 0 heterocycles. The number of hydrogen-bond acceptors (Lipinski definition) is 3. The summed E-state index contributed by atoms with van der Waals surface area (Å²) in [6, 6.07) is 2.28. The zero-order valence-electron chi connectivity index (χ0n) is 11.1. The molecule has 0 amide bonds. The average Bonchev–Trinajstić information content (AvgIpc) is 2.35. The highest BCUT2D eigenvalue weighted by atomic mass is 35.5. The molecule has 0 aliphatic carbocycles. The van der Waals surface area contributed by atoms with Gasteiger partial charge in [0.1, 0.15) is 4.90 Å². The van der Waals surface area contributed by atoms with Gasteiger partial charge in [-0.05, 0) is 31.9 Å². The normalized spacial score (nSPS) is 15.1. The third-order valence-corrected chi connectivity index (χ3v) is 5.57. The summed E-state index contributed by atoms with van der Waals surface area (Å²) >= 11 is 11.2. The monoisotopic (exact) mass is 343 g/mol. The molecule has 2 N–H and O–H groups in total. The van der Waals surface area contributed by atoms with Gasteiger partial charge in [-0.2, -0.15) is 0 Å². The van der Waals surface area contributed by atoms with Crippen molar-refractivity contribution in [3.05, 3.63) is 28.0 Å². The highest BCUT2D eigenvalue weighted by Gasteiger charge is 2.31. The van der Waals surface area contributed by atoms with Crippen molar-refractivity contribution in [2.24, 2.45) is 0 Å². The number of rotatable bonds is 6. The zero-order chi connectivity index (χ0) is 15.6. The van der Waals surface area contributed by atoms with Crippen molar-refractivity contribution in [3.8, 4) is 0 Å². The van der Waals surface area contributed by atoms with Gasteiger partial charge in [0.25, 0.3) is 0 Å². The quantitative estimate of drug-likeness (QED) is 0.780. The first-order valence-corrected chi connectivity index (χ1v) is 8.19. The molecular formula is C12H16Cl2FNO3S. The minimum absolute atomic E-state index is 0.171. The molecule has 1 unspecified atom stereocenters. The van der Waals surface area contributed by atoms with E-state index < -0.39 is 26.4 Å². The van der Waals surface area contributed by atoms with Gasteiger partial charge >= 0.3 is 0 Å². The second-order valence-corrected chi connectivity index (χ2v) is 7.10. The molecule has 1 aromatic carbocycles. The maximum Gasteiger partial charge on any atom is 0.242 e. The summed E-state index contributed by atoms with van der Waals surface area (Å²) in [6.45, 7) is 3.26. The summed E-state index contributed by atoms with van der Waals surface area (Å²) in [6.07, 6.45) is 0.691. The van der Waals surface area contributed by atoms with Crippen LogP contribution >= 0.6 is 23.2 Å². The molecule has 8 heteroatoms. The van der Waals surface area contributed by atoms with Crippen molar-refractivity contribution in [2.45, 2.75) is 37.1 Å². The van der Waals surface area contributed by atoms with Crippen LogP contribution in [0.3, 0.4) is 0 Å². The van der Waals surface area contributed by atoms with Crippen LogP contribution in [0.15, 0.2) is 17.0 Å². The molecule has 0 saturated carbocycles. The maximum absolute atomic E-state index is 13.6. The standard InChI is InChI=1S/C12H16Cl2FNO3S/c1-3-12(2,6-7-17)16-20(18,19)9-5-4-8(13)11(15)10(9)14/h4-5,16-17H,3,6-7H2,1-2H3. The van der Waals surface area contributed by atoms with Gasteiger partial charge in [-0.1, -0.05) is 30.1 Å². The number of hydrogen-bond donors (Lipinski definition) is 2. The molecule has 1 atom stereocenters. The van der Waals surface area contributed by atoms with Crippen LogP contribution in [0.4, 0.5) is 4.39 Å². The number of aliphatic hydroxyl groups is 1. The molecule has 20 heavy (non-hydrogen) atoms. The summed E-state index contributed by atoms with van der Waals surface area (Å²) < 4.78 is 40.6. The SMILES string of the molecule is CCC(C)(CCO)NS(=O)(=O)c1ccc(Cl)c(F)c1Cl. The minimum Gasteiger partial charge on any atom is -0.396 e. The van der Waals surface area contributed by atoms with Crippen molar-refractivity contribution in [1.82, 2.24) is 4.72 Å². The second kappa shape index (κ2) is 6.58. The highest BCUT2D eigenvalue weighted by molar-refractivity contribution is 7.89. The van der Waals surface area contributed by atoms with Crippen molar-refractivity contribution in [2.75, 3.05) is 6.61 Å². The summed E-state index contributed by atoms with van der Waals surface area (Å²) in [5.41, 5.74) is -0.840. The Kier molecular flexibility index (Phi) is 5.80. The Morgan fingerprint density at radius 3 is 2.50 bits per heavy atom. The van der Waals surface area contributed by atoms with E-state index in [-0.39, 0.29) is 22.9 Å². The third kappa shape index (κ3) is 3.83. The Bertz CT molecular complexity index is 595. The lowest BCUT2D eigenvalue weighted by atomic mass is 9.97. The molecule has 4 nitrogen and oxygen atoms in total. The molecule has 0 aromatic heterocycles. The first-order valence-electron chi connectivity index (χ1n) is 5.95. The Balaban J connectivity index is 3.21. The van der Waals surface area contributed by atoms with E-state index in [1.165, 1.54) is 0 Å². The number of sulfonamides is 1. The van der Waals surface area contributed by atoms with Gasteiger partial charge < -0.3 is 5.11 Å². The molecule has 114 valence electrons. The van der Waals surface area contributed by atoms with E-state index in [1.807, 2.05) is 0 Å². The summed E-state index contributed by atoms with van der Waals surface area (Å²) in [5, 5.41) is 8.20. The van der Waals surface area contributed by atoms with Gasteiger partial charge in [0.15, 0.2) is 5.82 Å². The number of aliphatic hydroxyl groups excluding tert-OH is 1. The molecule has 1 rings (SSSR count). The second-order valence-electron chi connectivity index (χ2n) is 4.67. The van der Waals surface area contributed by atoms with Crippen LogP contribution in [-0.4, -0.2) is 25.7 Å². The number of nitrogens with one attached hydrogen (secondary N) is 1. The van der Waals surface area contributed by atoms with Crippen LogP contribution in [0.5, 0.6) is 0 Å². The Hall–Kier alpha value is -0.400. The molecular weight excluding hydrogens is 328 g/mol. The molecule has 0 bridgehead atoms. The zero-order valence-corrected chi connectivity index (χ0v) is 13.4. The van der Waals surface area contributed by atoms with Crippen LogP contribution in [0.1, 0.15) is 26.7 Å². The first kappa shape index (κ1) is 17.7. The number of benzene rings is 1. The Morgan fingerprint density at radius 1 is 1.40 bits per heavy atom. The van der Waals surface area contributed by atoms with Gasteiger partial charge in [0.05, 0.1) is 10.0 Å². The topological polar surface area (TPSA) is 66.4 Å². The summed E-state index contributed by atoms with van der Waals surface area (Å²) in [7, 11) is -4.01. The molecule has 0 fully saturated rings. The van der Waals surface area contributed by atoms with E-state index >= 15 is 0 Å². The van der Waals surface area contributed by atoms with E-state index in [0.717, 1.165) is 12.1 Å². The van der Waals surface area contributed by atoms with Crippen LogP contribution < -0.4 is 4.72 Å². The van der Waals surface area contributed by atoms with Gasteiger partial charge in [-0.25, -0.2) is 17.5 Å². The van der Waals surface area contributed by atoms with Crippen LogP contribution in [0, 0.1) is 5.82 Å². The van der Waals surface area contributed by atoms with Gasteiger partial charge in [-0.3, -0.25) is 0 Å². The van der Waals surface area contributed by atoms with E-state index in [0.29, 0.717) is 6.42 Å². The summed E-state index contributed by atoms with van der Waals surface area (Å²) in [4.78, 5) is -0.376. The predicted octanol–water partition coefficient (Wildman–Crippen LogP) is 2.96. The average molecular weight is 344 g/mol. The van der Waals surface area contributed by atoms with Crippen molar-refractivity contribution in [1.29, 1.82) is 0 Å². The molecule has 0 aliphatic rings. The van der Waals surface area contributed by atoms with Gasteiger partial charge in [0.2, 0.25) is 10.0 Å². The molecule has 0 radical (unpaired) electrons. The van der Waals surface area contributed by atoms with Crippen LogP contribution in [0.25, 0.3) is 0 Å². The third-order valence-electron chi connectivity index (χ3n) is 3.11. The van der Waals surface area contributed by atoms with Gasteiger partial charge in [-0.15, -0.1) is 0 Å². The van der Waals surface area contributed by atoms with E-state index in [1.54, 1.807) is 13.8 Å². The van der Waals surface area contributed by atoms with Crippen LogP contribution in [0.2, 0.25) is 10.0 Å². The van der Waals surface area contributed by atoms with Crippen LogP contribution in [-0.2, 0) is 10.0 Å². The smallest absolute Gasteiger partial charge is 0.242 e. The van der Waals surface area contributed by atoms with E-state index in [4.69, 9.17) is 28.3 Å². The highest BCUT2D eigenvalue weighted by Crippen LogP contribution is 2.30. The summed E-state index contributed by atoms with van der Waals surface area (Å²) in [5.74, 6) is -0.975.